The summed E-state index contributed by atoms with van der Waals surface area (Å²) in [6.45, 7) is 15.4. The van der Waals surface area contributed by atoms with Crippen molar-refractivity contribution in [2.75, 3.05) is 82.0 Å². The molecule has 1 aromatic heterocycles. The van der Waals surface area contributed by atoms with Gasteiger partial charge in [0.25, 0.3) is 0 Å². The van der Waals surface area contributed by atoms with Gasteiger partial charge in [-0.1, -0.05) is 42.8 Å². The topological polar surface area (TPSA) is 78.6 Å². The van der Waals surface area contributed by atoms with Crippen LogP contribution in [0.1, 0.15) is 18.2 Å². The van der Waals surface area contributed by atoms with Crippen LogP contribution in [0, 0.1) is 6.57 Å². The van der Waals surface area contributed by atoms with Crippen LogP contribution in [0.5, 0.6) is 6.01 Å². The summed E-state index contributed by atoms with van der Waals surface area (Å²) in [7, 11) is 0. The SMILES string of the molecule is [C-]#[N+]C[C@H]1CN(c2nc(OCC3CN(CC)CCO3)nc3c2CCN(c2cccc4cccc(Cl)c24)C3)CCN1C(=O)/C=C/CF. The number of rotatable bonds is 9. The number of morpholine rings is 1. The zero-order valence-corrected chi connectivity index (χ0v) is 26.8. The van der Waals surface area contributed by atoms with Gasteiger partial charge in [0, 0.05) is 62.0 Å². The van der Waals surface area contributed by atoms with Gasteiger partial charge in [0.05, 0.1) is 23.9 Å². The second kappa shape index (κ2) is 14.6. The highest BCUT2D eigenvalue weighted by atomic mass is 35.5. The van der Waals surface area contributed by atoms with E-state index in [1.807, 2.05) is 18.2 Å². The average molecular weight is 648 g/mol. The zero-order valence-electron chi connectivity index (χ0n) is 26.1. The number of nitrogens with zero attached hydrogens (tertiary/aromatic N) is 7. The number of benzene rings is 2. The van der Waals surface area contributed by atoms with Crippen molar-refractivity contribution in [3.05, 3.63) is 76.2 Å². The quantitative estimate of drug-likeness (QED) is 0.250. The van der Waals surface area contributed by atoms with Crippen LogP contribution < -0.4 is 14.5 Å². The number of carbonyl (C=O) groups excluding carboxylic acids is 1. The molecule has 0 saturated carbocycles. The summed E-state index contributed by atoms with van der Waals surface area (Å²) < 4.78 is 25.0. The normalized spacial score (nSPS) is 20.6. The molecule has 0 aliphatic carbocycles. The molecule has 0 spiro atoms. The number of halogens is 2. The Balaban J connectivity index is 1.31. The van der Waals surface area contributed by atoms with E-state index in [1.165, 1.54) is 12.2 Å². The largest absolute Gasteiger partial charge is 0.461 e. The second-order valence-electron chi connectivity index (χ2n) is 11.8. The molecule has 2 saturated heterocycles. The molecule has 2 aromatic carbocycles. The van der Waals surface area contributed by atoms with Crippen LogP contribution in [0.3, 0.4) is 0 Å². The lowest BCUT2D eigenvalue weighted by Gasteiger charge is -2.41. The highest BCUT2D eigenvalue weighted by molar-refractivity contribution is 6.36. The molecule has 2 atom stereocenters. The lowest BCUT2D eigenvalue weighted by molar-refractivity contribution is -0.128. The summed E-state index contributed by atoms with van der Waals surface area (Å²) >= 11 is 6.70. The van der Waals surface area contributed by atoms with Gasteiger partial charge in [-0.15, -0.1) is 0 Å². The standard InChI is InChI=1S/C34H39ClFN7O3/c1-3-40-17-18-45-26(21-40)23-46-34-38-29-22-41(30-10-5-8-24-7-4-9-28(35)32(24)30)14-12-27(29)33(39-34)42-15-16-43(25(20-42)19-37-2)31(44)11-6-13-36/h4-11,25-26H,3,12-23H2,1H3/b11-6+/t25-,26?/m0/s1. The fourth-order valence-electron chi connectivity index (χ4n) is 6.64. The Hall–Kier alpha value is -3.98. The molecule has 3 aliphatic heterocycles. The van der Waals surface area contributed by atoms with Crippen LogP contribution in [0.4, 0.5) is 15.9 Å². The third kappa shape index (κ3) is 6.89. The van der Waals surface area contributed by atoms with Crippen molar-refractivity contribution in [3.8, 4) is 6.01 Å². The van der Waals surface area contributed by atoms with Crippen LogP contribution >= 0.6 is 11.6 Å². The number of allylic oxidation sites excluding steroid dienone is 1. The number of anilines is 2. The van der Waals surface area contributed by atoms with E-state index in [2.05, 4.69) is 44.7 Å². The number of amides is 1. The fraction of sp³-hybridized carbons (Fsp3) is 0.471. The Morgan fingerprint density at radius 3 is 2.80 bits per heavy atom. The summed E-state index contributed by atoms with van der Waals surface area (Å²) in [4.78, 5) is 34.8. The average Bonchev–Trinajstić information content (AvgIpc) is 3.09. The van der Waals surface area contributed by atoms with Crippen LogP contribution in [0.15, 0.2) is 48.6 Å². The summed E-state index contributed by atoms with van der Waals surface area (Å²) in [5, 5.41) is 2.80. The molecular weight excluding hydrogens is 609 g/mol. The minimum absolute atomic E-state index is 0.0823. The van der Waals surface area contributed by atoms with E-state index in [0.717, 1.165) is 59.7 Å². The Bertz CT molecular complexity index is 1630. The van der Waals surface area contributed by atoms with E-state index in [-0.39, 0.29) is 30.6 Å². The molecule has 46 heavy (non-hydrogen) atoms. The first-order chi connectivity index (χ1) is 22.5. The lowest BCUT2D eigenvalue weighted by atomic mass is 10.0. The van der Waals surface area contributed by atoms with E-state index in [1.54, 1.807) is 4.90 Å². The number of likely N-dealkylation sites (N-methyl/N-ethyl adjacent to an activating group) is 1. The number of hydrogen-bond acceptors (Lipinski definition) is 8. The highest BCUT2D eigenvalue weighted by Gasteiger charge is 2.35. The van der Waals surface area contributed by atoms with Gasteiger partial charge < -0.3 is 29.0 Å². The molecule has 12 heteroatoms. The maximum Gasteiger partial charge on any atom is 0.318 e. The number of fused-ring (bicyclic) bond motifs is 2. The summed E-state index contributed by atoms with van der Waals surface area (Å²) in [6, 6.07) is 12.1. The van der Waals surface area contributed by atoms with E-state index in [4.69, 9.17) is 37.6 Å². The van der Waals surface area contributed by atoms with E-state index >= 15 is 0 Å². The molecule has 3 aliphatic rings. The third-order valence-corrected chi connectivity index (χ3v) is 9.30. The Kier molecular flexibility index (Phi) is 10.2. The maximum absolute atomic E-state index is 12.8. The van der Waals surface area contributed by atoms with Gasteiger partial charge in [-0.3, -0.25) is 9.69 Å². The minimum Gasteiger partial charge on any atom is -0.461 e. The first kappa shape index (κ1) is 32.0. The molecule has 6 rings (SSSR count). The van der Waals surface area contributed by atoms with Gasteiger partial charge in [-0.05, 0) is 36.6 Å². The first-order valence-corrected chi connectivity index (χ1v) is 16.3. The monoisotopic (exact) mass is 647 g/mol. The molecular formula is C34H39ClFN7O3. The smallest absolute Gasteiger partial charge is 0.318 e. The van der Waals surface area contributed by atoms with Gasteiger partial charge in [0.15, 0.2) is 0 Å². The molecule has 1 amide bonds. The van der Waals surface area contributed by atoms with Crippen LogP contribution in [0.2, 0.25) is 5.02 Å². The Morgan fingerprint density at radius 2 is 2.00 bits per heavy atom. The van der Waals surface area contributed by atoms with E-state index in [9.17, 15) is 9.18 Å². The van der Waals surface area contributed by atoms with Crippen LogP contribution in [-0.2, 0) is 22.5 Å². The van der Waals surface area contributed by atoms with Gasteiger partial charge in [0.2, 0.25) is 12.5 Å². The predicted molar refractivity (Wildman–Crippen MR) is 177 cm³/mol. The van der Waals surface area contributed by atoms with Gasteiger partial charge >= 0.3 is 6.01 Å². The van der Waals surface area contributed by atoms with Crippen molar-refractivity contribution in [1.29, 1.82) is 0 Å². The minimum atomic E-state index is -0.709. The predicted octanol–water partition coefficient (Wildman–Crippen LogP) is 4.41. The zero-order chi connectivity index (χ0) is 32.0. The summed E-state index contributed by atoms with van der Waals surface area (Å²) in [5.41, 5.74) is 2.97. The number of alkyl halides is 1. The summed E-state index contributed by atoms with van der Waals surface area (Å²) in [5.74, 6) is 0.495. The molecule has 242 valence electrons. The second-order valence-corrected chi connectivity index (χ2v) is 12.2. The number of piperazine rings is 1. The van der Waals surface area contributed by atoms with Crippen molar-refractivity contribution in [2.24, 2.45) is 0 Å². The lowest BCUT2D eigenvalue weighted by Crippen LogP contribution is -2.56. The number of ether oxygens (including phenoxy) is 2. The molecule has 10 nitrogen and oxygen atoms in total. The van der Waals surface area contributed by atoms with Crippen molar-refractivity contribution >= 4 is 39.8 Å². The van der Waals surface area contributed by atoms with Crippen molar-refractivity contribution in [2.45, 2.75) is 32.0 Å². The molecule has 0 radical (unpaired) electrons. The molecule has 1 unspecified atom stereocenters. The molecule has 3 aromatic rings. The molecule has 0 N–H and O–H groups in total. The number of hydrogen-bond donors (Lipinski definition) is 0. The van der Waals surface area contributed by atoms with Gasteiger partial charge in [-0.25, -0.2) is 11.0 Å². The van der Waals surface area contributed by atoms with Crippen LogP contribution in [-0.4, -0.2) is 110 Å². The van der Waals surface area contributed by atoms with Crippen molar-refractivity contribution in [3.63, 3.8) is 0 Å². The third-order valence-electron chi connectivity index (χ3n) is 8.98. The molecule has 0 bridgehead atoms. The fourth-order valence-corrected chi connectivity index (χ4v) is 6.92. The maximum atomic E-state index is 12.8. The highest BCUT2D eigenvalue weighted by Crippen LogP contribution is 2.37. The Labute approximate surface area is 274 Å². The van der Waals surface area contributed by atoms with E-state index in [0.29, 0.717) is 50.8 Å². The Morgan fingerprint density at radius 1 is 1.15 bits per heavy atom. The number of aromatic nitrogens is 2. The number of carbonyl (C=O) groups is 1. The first-order valence-electron chi connectivity index (χ1n) is 15.9. The van der Waals surface area contributed by atoms with E-state index < -0.39 is 6.67 Å². The van der Waals surface area contributed by atoms with Crippen LogP contribution in [0.25, 0.3) is 15.6 Å². The summed E-state index contributed by atoms with van der Waals surface area (Å²) in [6.07, 6.45) is 3.08. The molecule has 2 fully saturated rings. The van der Waals surface area contributed by atoms with Gasteiger partial charge in [0.1, 0.15) is 31.2 Å². The van der Waals surface area contributed by atoms with Gasteiger partial charge in [-0.2, -0.15) is 9.97 Å². The molecule has 4 heterocycles. The van der Waals surface area contributed by atoms with Crippen molar-refractivity contribution < 1.29 is 18.7 Å². The van der Waals surface area contributed by atoms with Crippen molar-refractivity contribution in [1.82, 2.24) is 19.8 Å².